The van der Waals surface area contributed by atoms with Crippen molar-refractivity contribution in [3.8, 4) is 0 Å². The van der Waals surface area contributed by atoms with Crippen molar-refractivity contribution in [1.29, 1.82) is 0 Å². The zero-order valence-corrected chi connectivity index (χ0v) is 12.8. The highest BCUT2D eigenvalue weighted by Crippen LogP contribution is 2.29. The summed E-state index contributed by atoms with van der Waals surface area (Å²) in [5.74, 6) is -0.203. The number of amides is 1. The number of fused-ring (bicyclic) bond motifs is 3. The van der Waals surface area contributed by atoms with Crippen molar-refractivity contribution in [3.63, 3.8) is 0 Å². The molecular weight excluding hydrogens is 310 g/mol. The highest BCUT2D eigenvalue weighted by molar-refractivity contribution is 6.34. The second-order valence-electron chi connectivity index (χ2n) is 5.24. The van der Waals surface area contributed by atoms with Crippen LogP contribution in [0.2, 0.25) is 5.02 Å². The Bertz CT molecular complexity index is 1040. The Morgan fingerprint density at radius 2 is 1.61 bits per heavy atom. The lowest BCUT2D eigenvalue weighted by atomic mass is 10.1. The summed E-state index contributed by atoms with van der Waals surface area (Å²) in [6.07, 6.45) is 0. The average Bonchev–Trinajstić information content (AvgIpc) is 2.94. The fraction of sp³-hybridized carbons (Fsp3) is 0. The Hall–Kier alpha value is -2.78. The van der Waals surface area contributed by atoms with Crippen LogP contribution >= 0.6 is 11.6 Å². The Morgan fingerprint density at radius 3 is 2.48 bits per heavy atom. The third-order valence-electron chi connectivity index (χ3n) is 3.76. The molecule has 0 radical (unpaired) electrons. The maximum atomic E-state index is 12.5. The molecule has 0 aliphatic rings. The van der Waals surface area contributed by atoms with Crippen LogP contribution in [0.5, 0.6) is 0 Å². The molecular formula is C19H12ClNO2. The van der Waals surface area contributed by atoms with Gasteiger partial charge in [-0.2, -0.15) is 0 Å². The number of anilines is 1. The van der Waals surface area contributed by atoms with Gasteiger partial charge in [0, 0.05) is 16.3 Å². The Balaban J connectivity index is 1.75. The number of carbonyl (C=O) groups excluding carboxylic acids is 1. The van der Waals surface area contributed by atoms with E-state index in [9.17, 15) is 4.79 Å². The molecule has 4 aromatic rings. The minimum absolute atomic E-state index is 0.203. The van der Waals surface area contributed by atoms with Crippen molar-refractivity contribution in [2.75, 3.05) is 5.32 Å². The van der Waals surface area contributed by atoms with Gasteiger partial charge in [0.15, 0.2) is 0 Å². The van der Waals surface area contributed by atoms with E-state index in [0.717, 1.165) is 21.9 Å². The molecule has 4 rings (SSSR count). The van der Waals surface area contributed by atoms with Gasteiger partial charge in [-0.15, -0.1) is 0 Å². The summed E-state index contributed by atoms with van der Waals surface area (Å²) >= 11 is 6.08. The second-order valence-corrected chi connectivity index (χ2v) is 5.65. The fourth-order valence-corrected chi connectivity index (χ4v) is 2.81. The van der Waals surface area contributed by atoms with E-state index in [1.165, 1.54) is 0 Å². The highest BCUT2D eigenvalue weighted by Gasteiger charge is 2.12. The van der Waals surface area contributed by atoms with Crippen LogP contribution in [-0.4, -0.2) is 5.91 Å². The third-order valence-corrected chi connectivity index (χ3v) is 4.09. The zero-order valence-electron chi connectivity index (χ0n) is 12.0. The average molecular weight is 322 g/mol. The summed E-state index contributed by atoms with van der Waals surface area (Å²) in [6.45, 7) is 0. The third kappa shape index (κ3) is 2.45. The predicted octanol–water partition coefficient (Wildman–Crippen LogP) is 5.49. The molecule has 0 unspecified atom stereocenters. The van der Waals surface area contributed by atoms with Gasteiger partial charge >= 0.3 is 0 Å². The molecule has 0 aliphatic heterocycles. The van der Waals surface area contributed by atoms with Gasteiger partial charge in [0.1, 0.15) is 11.2 Å². The number of benzene rings is 3. The van der Waals surface area contributed by atoms with Gasteiger partial charge in [-0.1, -0.05) is 41.9 Å². The van der Waals surface area contributed by atoms with E-state index in [1.807, 2.05) is 48.5 Å². The number of hydrogen-bond donors (Lipinski definition) is 1. The van der Waals surface area contributed by atoms with Crippen LogP contribution in [0.25, 0.3) is 21.9 Å². The van der Waals surface area contributed by atoms with Crippen LogP contribution < -0.4 is 5.32 Å². The summed E-state index contributed by atoms with van der Waals surface area (Å²) in [4.78, 5) is 12.5. The molecule has 3 nitrogen and oxygen atoms in total. The van der Waals surface area contributed by atoms with E-state index in [1.54, 1.807) is 18.2 Å². The van der Waals surface area contributed by atoms with E-state index < -0.39 is 0 Å². The zero-order chi connectivity index (χ0) is 15.8. The lowest BCUT2D eigenvalue weighted by molar-refractivity contribution is 0.102. The highest BCUT2D eigenvalue weighted by atomic mass is 35.5. The molecule has 1 amide bonds. The molecule has 1 aromatic heterocycles. The van der Waals surface area contributed by atoms with Crippen molar-refractivity contribution in [3.05, 3.63) is 77.3 Å². The lowest BCUT2D eigenvalue weighted by Gasteiger charge is -2.07. The van der Waals surface area contributed by atoms with Crippen LogP contribution in [0.3, 0.4) is 0 Å². The van der Waals surface area contributed by atoms with Crippen LogP contribution in [0.4, 0.5) is 5.69 Å². The van der Waals surface area contributed by atoms with Crippen molar-refractivity contribution >= 4 is 45.1 Å². The number of hydrogen-bond acceptors (Lipinski definition) is 2. The number of para-hydroxylation sites is 2. The van der Waals surface area contributed by atoms with Gasteiger partial charge in [0.2, 0.25) is 0 Å². The van der Waals surface area contributed by atoms with Gasteiger partial charge in [-0.05, 0) is 36.4 Å². The van der Waals surface area contributed by atoms with Crippen LogP contribution in [0.15, 0.2) is 71.1 Å². The molecule has 3 aromatic carbocycles. The molecule has 0 bridgehead atoms. The van der Waals surface area contributed by atoms with Gasteiger partial charge in [0.05, 0.1) is 10.7 Å². The fourth-order valence-electron chi connectivity index (χ4n) is 2.62. The summed E-state index contributed by atoms with van der Waals surface area (Å²) < 4.78 is 5.77. The molecule has 0 aliphatic carbocycles. The molecule has 0 saturated heterocycles. The molecule has 4 heteroatoms. The first-order chi connectivity index (χ1) is 11.2. The smallest absolute Gasteiger partial charge is 0.255 e. The van der Waals surface area contributed by atoms with Crippen molar-refractivity contribution in [2.24, 2.45) is 0 Å². The van der Waals surface area contributed by atoms with E-state index >= 15 is 0 Å². The first-order valence-corrected chi connectivity index (χ1v) is 7.57. The number of furan rings is 1. The minimum atomic E-state index is -0.203. The summed E-state index contributed by atoms with van der Waals surface area (Å²) in [7, 11) is 0. The summed E-state index contributed by atoms with van der Waals surface area (Å²) in [5.41, 5.74) is 2.73. The number of halogens is 1. The predicted molar refractivity (Wildman–Crippen MR) is 93.1 cm³/mol. The summed E-state index contributed by atoms with van der Waals surface area (Å²) in [5, 5.41) is 5.26. The molecule has 112 valence electrons. The molecule has 1 N–H and O–H groups in total. The molecule has 23 heavy (non-hydrogen) atoms. The van der Waals surface area contributed by atoms with Gasteiger partial charge < -0.3 is 9.73 Å². The van der Waals surface area contributed by atoms with Crippen LogP contribution in [0, 0.1) is 0 Å². The van der Waals surface area contributed by atoms with Crippen LogP contribution in [0.1, 0.15) is 10.4 Å². The van der Waals surface area contributed by atoms with E-state index in [-0.39, 0.29) is 5.91 Å². The Labute approximate surface area is 137 Å². The van der Waals surface area contributed by atoms with E-state index in [2.05, 4.69) is 5.32 Å². The lowest BCUT2D eigenvalue weighted by Crippen LogP contribution is -2.11. The second kappa shape index (κ2) is 5.45. The molecule has 0 saturated carbocycles. The van der Waals surface area contributed by atoms with Gasteiger partial charge in [-0.3, -0.25) is 4.79 Å². The van der Waals surface area contributed by atoms with E-state index in [0.29, 0.717) is 16.3 Å². The number of nitrogens with one attached hydrogen (secondary N) is 1. The monoisotopic (exact) mass is 321 g/mol. The Morgan fingerprint density at radius 1 is 0.870 bits per heavy atom. The number of rotatable bonds is 2. The quantitative estimate of drug-likeness (QED) is 0.530. The first-order valence-electron chi connectivity index (χ1n) is 7.19. The number of carbonyl (C=O) groups is 1. The molecule has 1 heterocycles. The standard InChI is InChI=1S/C19H12ClNO2/c20-15-6-2-3-7-16(15)21-19(22)12-9-10-18-14(11-12)13-5-1-4-8-17(13)23-18/h1-11H,(H,21,22). The molecule has 0 fully saturated rings. The van der Waals surface area contributed by atoms with Crippen LogP contribution in [-0.2, 0) is 0 Å². The maximum Gasteiger partial charge on any atom is 0.255 e. The maximum absolute atomic E-state index is 12.5. The van der Waals surface area contributed by atoms with E-state index in [4.69, 9.17) is 16.0 Å². The topological polar surface area (TPSA) is 42.2 Å². The Kier molecular flexibility index (Phi) is 3.28. The van der Waals surface area contributed by atoms with Crippen molar-refractivity contribution in [2.45, 2.75) is 0 Å². The SMILES string of the molecule is O=C(Nc1ccccc1Cl)c1ccc2oc3ccccc3c2c1. The normalized spacial score (nSPS) is 11.0. The molecule has 0 spiro atoms. The van der Waals surface area contributed by atoms with Gasteiger partial charge in [0.25, 0.3) is 5.91 Å². The van der Waals surface area contributed by atoms with Crippen molar-refractivity contribution in [1.82, 2.24) is 0 Å². The summed E-state index contributed by atoms with van der Waals surface area (Å²) in [6, 6.07) is 20.3. The van der Waals surface area contributed by atoms with Crippen molar-refractivity contribution < 1.29 is 9.21 Å². The first kappa shape index (κ1) is 13.9. The molecule has 0 atom stereocenters. The minimum Gasteiger partial charge on any atom is -0.456 e. The van der Waals surface area contributed by atoms with Gasteiger partial charge in [-0.25, -0.2) is 0 Å². The largest absolute Gasteiger partial charge is 0.456 e.